The third-order valence-corrected chi connectivity index (χ3v) is 4.39. The summed E-state index contributed by atoms with van der Waals surface area (Å²) in [6.45, 7) is 6.15. The van der Waals surface area contributed by atoms with Crippen LogP contribution in [0.3, 0.4) is 0 Å². The van der Waals surface area contributed by atoms with Gasteiger partial charge in [0.1, 0.15) is 5.75 Å². The van der Waals surface area contributed by atoms with E-state index in [9.17, 15) is 4.79 Å². The van der Waals surface area contributed by atoms with Crippen LogP contribution in [0.15, 0.2) is 42.5 Å². The molecule has 2 aromatic carbocycles. The molecule has 2 N–H and O–H groups in total. The van der Waals surface area contributed by atoms with Crippen LogP contribution in [0.25, 0.3) is 0 Å². The number of nitrogen functional groups attached to an aromatic ring is 1. The second-order valence-corrected chi connectivity index (χ2v) is 6.51. The zero-order valence-corrected chi connectivity index (χ0v) is 14.5. The van der Waals surface area contributed by atoms with Gasteiger partial charge in [-0.3, -0.25) is 4.79 Å². The first kappa shape index (κ1) is 16.4. The average Bonchev–Trinajstić information content (AvgIpc) is 2.56. The molecule has 1 amide bonds. The lowest BCUT2D eigenvalue weighted by molar-refractivity contribution is -0.126. The number of fused-ring (bicyclic) bond motifs is 1. The molecule has 0 fully saturated rings. The van der Waals surface area contributed by atoms with Crippen molar-refractivity contribution >= 4 is 17.3 Å². The molecule has 24 heavy (non-hydrogen) atoms. The Labute approximate surface area is 143 Å². The van der Waals surface area contributed by atoms with Crippen LogP contribution in [0.1, 0.15) is 31.9 Å². The maximum atomic E-state index is 12.9. The first-order valence-electron chi connectivity index (χ1n) is 8.46. The maximum Gasteiger partial charge on any atom is 0.268 e. The molecule has 1 unspecified atom stereocenters. The smallest absolute Gasteiger partial charge is 0.268 e. The molecule has 0 bridgehead atoms. The van der Waals surface area contributed by atoms with Crippen LogP contribution in [-0.2, 0) is 17.6 Å². The second-order valence-electron chi connectivity index (χ2n) is 6.51. The van der Waals surface area contributed by atoms with Crippen LogP contribution < -0.4 is 15.4 Å². The molecule has 126 valence electrons. The fourth-order valence-electron chi connectivity index (χ4n) is 3.09. The molecule has 0 radical (unpaired) electrons. The van der Waals surface area contributed by atoms with Crippen LogP contribution in [0.2, 0.25) is 0 Å². The lowest BCUT2D eigenvalue weighted by Gasteiger charge is -2.37. The summed E-state index contributed by atoms with van der Waals surface area (Å²) in [5.41, 5.74) is 9.70. The number of carbonyl (C=O) groups is 1. The van der Waals surface area contributed by atoms with Gasteiger partial charge in [0.15, 0.2) is 6.10 Å². The number of benzene rings is 2. The number of amides is 1. The van der Waals surface area contributed by atoms with E-state index in [1.165, 1.54) is 5.56 Å². The number of aryl methyl sites for hydroxylation is 1. The van der Waals surface area contributed by atoms with E-state index in [1.807, 2.05) is 24.8 Å². The summed E-state index contributed by atoms with van der Waals surface area (Å²) in [6, 6.07) is 13.9. The van der Waals surface area contributed by atoms with E-state index >= 15 is 0 Å². The Bertz CT molecular complexity index is 738. The molecular weight excluding hydrogens is 300 g/mol. The molecular formula is C20H24N2O2. The van der Waals surface area contributed by atoms with Gasteiger partial charge in [-0.2, -0.15) is 0 Å². The fourth-order valence-corrected chi connectivity index (χ4v) is 3.09. The fraction of sp³-hybridized carbons (Fsp3) is 0.350. The molecule has 4 heteroatoms. The van der Waals surface area contributed by atoms with Crippen molar-refractivity contribution in [3.05, 3.63) is 53.6 Å². The highest BCUT2D eigenvalue weighted by molar-refractivity contribution is 6.00. The first-order chi connectivity index (χ1) is 11.5. The van der Waals surface area contributed by atoms with Crippen LogP contribution in [-0.4, -0.2) is 18.1 Å². The highest BCUT2D eigenvalue weighted by Crippen LogP contribution is 2.37. The van der Waals surface area contributed by atoms with Crippen LogP contribution in [0.5, 0.6) is 5.75 Å². The number of anilines is 2. The normalized spacial score (nSPS) is 16.9. The Kier molecular flexibility index (Phi) is 4.47. The Hall–Kier alpha value is -2.49. The molecule has 1 atom stereocenters. The Morgan fingerprint density at radius 1 is 1.12 bits per heavy atom. The summed E-state index contributed by atoms with van der Waals surface area (Å²) >= 11 is 0. The standard InChI is InChI=1S/C20H24N2O2/c1-4-14-5-7-15(8-6-14)11-19-20(23)22(13(2)3)17-10-9-16(21)12-18(17)24-19/h5-10,12-13,19H,4,11,21H2,1-3H3. The van der Waals surface area contributed by atoms with Crippen LogP contribution in [0, 0.1) is 0 Å². The van der Waals surface area contributed by atoms with Gasteiger partial charge in [0, 0.05) is 24.2 Å². The number of nitrogens with two attached hydrogens (primary N) is 1. The van der Waals surface area contributed by atoms with Gasteiger partial charge in [0.2, 0.25) is 0 Å². The minimum Gasteiger partial charge on any atom is -0.478 e. The van der Waals surface area contributed by atoms with Gasteiger partial charge in [-0.1, -0.05) is 31.2 Å². The predicted molar refractivity (Wildman–Crippen MR) is 97.4 cm³/mol. The molecule has 0 saturated carbocycles. The SMILES string of the molecule is CCc1ccc(CC2Oc3cc(N)ccc3N(C(C)C)C2=O)cc1. The third-order valence-electron chi connectivity index (χ3n) is 4.39. The van der Waals surface area contributed by atoms with Gasteiger partial charge < -0.3 is 15.4 Å². The molecule has 3 rings (SSSR count). The average molecular weight is 324 g/mol. The van der Waals surface area contributed by atoms with Crippen molar-refractivity contribution in [3.63, 3.8) is 0 Å². The number of carbonyl (C=O) groups excluding carboxylic acids is 1. The molecule has 0 spiro atoms. The number of rotatable bonds is 4. The van der Waals surface area contributed by atoms with E-state index in [2.05, 4.69) is 31.2 Å². The van der Waals surface area contributed by atoms with E-state index in [0.29, 0.717) is 17.9 Å². The largest absolute Gasteiger partial charge is 0.478 e. The summed E-state index contributed by atoms with van der Waals surface area (Å²) in [6.07, 6.45) is 1.04. The van der Waals surface area contributed by atoms with Gasteiger partial charge in [-0.15, -0.1) is 0 Å². The maximum absolute atomic E-state index is 12.9. The zero-order chi connectivity index (χ0) is 17.3. The molecule has 1 aliphatic rings. The predicted octanol–water partition coefficient (Wildman–Crippen LogP) is 3.58. The summed E-state index contributed by atoms with van der Waals surface area (Å²) in [5, 5.41) is 0. The Morgan fingerprint density at radius 3 is 2.42 bits per heavy atom. The van der Waals surface area contributed by atoms with Crippen molar-refractivity contribution < 1.29 is 9.53 Å². The number of hydrogen-bond donors (Lipinski definition) is 1. The Balaban J connectivity index is 1.90. The van der Waals surface area contributed by atoms with Gasteiger partial charge in [-0.25, -0.2) is 0 Å². The molecule has 1 aliphatic heterocycles. The quantitative estimate of drug-likeness (QED) is 0.875. The summed E-state index contributed by atoms with van der Waals surface area (Å²) in [5.74, 6) is 0.681. The van der Waals surface area contributed by atoms with Gasteiger partial charge in [-0.05, 0) is 43.5 Å². The lowest BCUT2D eigenvalue weighted by atomic mass is 10.0. The Morgan fingerprint density at radius 2 is 1.79 bits per heavy atom. The van der Waals surface area contributed by atoms with E-state index < -0.39 is 6.10 Å². The number of hydrogen-bond acceptors (Lipinski definition) is 3. The molecule has 2 aromatic rings. The zero-order valence-electron chi connectivity index (χ0n) is 14.5. The monoisotopic (exact) mass is 324 g/mol. The van der Waals surface area contributed by atoms with Crippen molar-refractivity contribution in [2.75, 3.05) is 10.6 Å². The molecule has 4 nitrogen and oxygen atoms in total. The lowest BCUT2D eigenvalue weighted by Crippen LogP contribution is -2.50. The molecule has 0 saturated heterocycles. The van der Waals surface area contributed by atoms with E-state index in [4.69, 9.17) is 10.5 Å². The van der Waals surface area contributed by atoms with Crippen LogP contribution >= 0.6 is 0 Å². The molecule has 0 aromatic heterocycles. The number of ether oxygens (including phenoxy) is 1. The highest BCUT2D eigenvalue weighted by Gasteiger charge is 2.35. The topological polar surface area (TPSA) is 55.6 Å². The van der Waals surface area contributed by atoms with E-state index in [-0.39, 0.29) is 11.9 Å². The highest BCUT2D eigenvalue weighted by atomic mass is 16.5. The second kappa shape index (κ2) is 6.56. The minimum atomic E-state index is -0.519. The summed E-state index contributed by atoms with van der Waals surface area (Å²) in [4.78, 5) is 14.7. The summed E-state index contributed by atoms with van der Waals surface area (Å²) in [7, 11) is 0. The van der Waals surface area contributed by atoms with Crippen molar-refractivity contribution in [1.29, 1.82) is 0 Å². The van der Waals surface area contributed by atoms with Crippen molar-refractivity contribution in [1.82, 2.24) is 0 Å². The van der Waals surface area contributed by atoms with E-state index in [1.54, 1.807) is 12.1 Å². The molecule has 1 heterocycles. The van der Waals surface area contributed by atoms with Crippen molar-refractivity contribution in [2.45, 2.75) is 45.8 Å². The van der Waals surface area contributed by atoms with E-state index in [0.717, 1.165) is 17.7 Å². The third kappa shape index (κ3) is 3.09. The van der Waals surface area contributed by atoms with Gasteiger partial charge in [0.05, 0.1) is 5.69 Å². The number of nitrogens with zero attached hydrogens (tertiary/aromatic N) is 1. The van der Waals surface area contributed by atoms with Gasteiger partial charge >= 0.3 is 0 Å². The van der Waals surface area contributed by atoms with Crippen molar-refractivity contribution in [3.8, 4) is 5.75 Å². The van der Waals surface area contributed by atoms with Crippen LogP contribution in [0.4, 0.5) is 11.4 Å². The minimum absolute atomic E-state index is 0.00170. The molecule has 0 aliphatic carbocycles. The van der Waals surface area contributed by atoms with Gasteiger partial charge in [0.25, 0.3) is 5.91 Å². The van der Waals surface area contributed by atoms with Crippen molar-refractivity contribution in [2.24, 2.45) is 0 Å². The summed E-state index contributed by atoms with van der Waals surface area (Å²) < 4.78 is 5.99. The first-order valence-corrected chi connectivity index (χ1v) is 8.46.